The van der Waals surface area contributed by atoms with Gasteiger partial charge in [0.2, 0.25) is 5.91 Å². The molecule has 1 atom stereocenters. The average Bonchev–Trinajstić information content (AvgIpc) is 2.92. The molecule has 180 valence electrons. The van der Waals surface area contributed by atoms with Gasteiger partial charge in [-0.1, -0.05) is 48.5 Å². The topological polar surface area (TPSA) is 71.1 Å². The molecule has 1 unspecified atom stereocenters. The van der Waals surface area contributed by atoms with Crippen molar-refractivity contribution in [2.24, 2.45) is 5.41 Å². The molecule has 5 rings (SSSR count). The highest BCUT2D eigenvalue weighted by atomic mass is 16.5. The molecule has 1 N–H and O–H groups in total. The van der Waals surface area contributed by atoms with E-state index in [1.54, 1.807) is 37.3 Å². The molecule has 0 aliphatic carbocycles. The van der Waals surface area contributed by atoms with Gasteiger partial charge in [-0.15, -0.1) is 0 Å². The average molecular weight is 472 g/mol. The molecule has 35 heavy (non-hydrogen) atoms. The number of rotatable bonds is 5. The van der Waals surface area contributed by atoms with Gasteiger partial charge in [0, 0.05) is 42.7 Å². The number of amides is 3. The first-order chi connectivity index (χ1) is 17.1. The fourth-order valence-corrected chi connectivity index (χ4v) is 5.29. The van der Waals surface area contributed by atoms with Gasteiger partial charge in [-0.3, -0.25) is 4.79 Å². The summed E-state index contributed by atoms with van der Waals surface area (Å²) in [5.74, 6) is 1.34. The van der Waals surface area contributed by atoms with E-state index in [-0.39, 0.29) is 18.0 Å². The second-order valence-electron chi connectivity index (χ2n) is 9.00. The van der Waals surface area contributed by atoms with Crippen LogP contribution in [0.1, 0.15) is 24.4 Å². The van der Waals surface area contributed by atoms with Crippen LogP contribution in [0.5, 0.6) is 11.5 Å². The van der Waals surface area contributed by atoms with Crippen molar-refractivity contribution < 1.29 is 19.1 Å². The third-order valence-corrected chi connectivity index (χ3v) is 7.12. The Labute approximate surface area is 205 Å². The van der Waals surface area contributed by atoms with Gasteiger partial charge in [0.15, 0.2) is 0 Å². The number of nitrogens with one attached hydrogen (secondary N) is 1. The van der Waals surface area contributed by atoms with E-state index in [1.807, 2.05) is 53.4 Å². The molecule has 7 nitrogen and oxygen atoms in total. The van der Waals surface area contributed by atoms with E-state index in [9.17, 15) is 9.59 Å². The second-order valence-corrected chi connectivity index (χ2v) is 9.00. The van der Waals surface area contributed by atoms with Crippen LogP contribution < -0.4 is 19.7 Å². The summed E-state index contributed by atoms with van der Waals surface area (Å²) in [6, 6.07) is 25.0. The lowest BCUT2D eigenvalue weighted by atomic mass is 9.62. The van der Waals surface area contributed by atoms with Crippen LogP contribution in [0.3, 0.4) is 0 Å². The van der Waals surface area contributed by atoms with Crippen molar-refractivity contribution in [2.75, 3.05) is 37.5 Å². The predicted molar refractivity (Wildman–Crippen MR) is 135 cm³/mol. The molecule has 2 heterocycles. The van der Waals surface area contributed by atoms with Gasteiger partial charge < -0.3 is 24.6 Å². The first kappa shape index (κ1) is 22.8. The minimum atomic E-state index is -0.507. The highest BCUT2D eigenvalue weighted by Gasteiger charge is 2.62. The number of anilines is 2. The maximum atomic E-state index is 13.6. The van der Waals surface area contributed by atoms with Crippen molar-refractivity contribution in [3.63, 3.8) is 0 Å². The maximum Gasteiger partial charge on any atom is 0.321 e. The van der Waals surface area contributed by atoms with E-state index in [2.05, 4.69) is 17.4 Å². The van der Waals surface area contributed by atoms with Crippen molar-refractivity contribution in [1.29, 1.82) is 0 Å². The van der Waals surface area contributed by atoms with Gasteiger partial charge in [-0.25, -0.2) is 4.79 Å². The fraction of sp³-hybridized carbons (Fsp3) is 0.286. The Kier molecular flexibility index (Phi) is 6.07. The van der Waals surface area contributed by atoms with Crippen LogP contribution in [0.15, 0.2) is 78.9 Å². The van der Waals surface area contributed by atoms with Crippen LogP contribution in [0, 0.1) is 5.41 Å². The normalized spacial score (nSPS) is 18.7. The van der Waals surface area contributed by atoms with Gasteiger partial charge in [-0.2, -0.15) is 0 Å². The Morgan fingerprint density at radius 3 is 2.03 bits per heavy atom. The zero-order valence-corrected chi connectivity index (χ0v) is 19.9. The lowest BCUT2D eigenvalue weighted by Gasteiger charge is -2.59. The lowest BCUT2D eigenvalue weighted by Crippen LogP contribution is -2.67. The molecule has 0 saturated carbocycles. The number of β-lactam (4-membered cyclic amide) rings is 1. The van der Waals surface area contributed by atoms with Gasteiger partial charge in [0.05, 0.1) is 25.7 Å². The Hall–Kier alpha value is -4.00. The van der Waals surface area contributed by atoms with Crippen molar-refractivity contribution >= 4 is 23.3 Å². The smallest absolute Gasteiger partial charge is 0.321 e. The summed E-state index contributed by atoms with van der Waals surface area (Å²) in [5.41, 5.74) is 2.12. The molecule has 0 aromatic heterocycles. The number of urea groups is 1. The molecule has 2 saturated heterocycles. The van der Waals surface area contributed by atoms with Crippen LogP contribution in [-0.4, -0.2) is 44.1 Å². The van der Waals surface area contributed by atoms with Gasteiger partial charge in [-0.05, 0) is 30.5 Å². The Morgan fingerprint density at radius 2 is 1.46 bits per heavy atom. The molecule has 2 aliphatic rings. The molecule has 0 radical (unpaired) electrons. The van der Waals surface area contributed by atoms with E-state index >= 15 is 0 Å². The summed E-state index contributed by atoms with van der Waals surface area (Å²) in [6.45, 7) is 1.01. The molecular weight excluding hydrogens is 442 g/mol. The number of para-hydroxylation sites is 1. The highest BCUT2D eigenvalue weighted by molar-refractivity contribution is 6.06. The molecule has 0 bridgehead atoms. The van der Waals surface area contributed by atoms with Crippen LogP contribution in [0.4, 0.5) is 16.2 Å². The van der Waals surface area contributed by atoms with Crippen LogP contribution in [0.25, 0.3) is 0 Å². The molecule has 3 amide bonds. The molecule has 2 fully saturated rings. The Bertz CT molecular complexity index is 1190. The van der Waals surface area contributed by atoms with Crippen molar-refractivity contribution in [1.82, 2.24) is 4.90 Å². The lowest BCUT2D eigenvalue weighted by molar-refractivity contribution is -0.144. The van der Waals surface area contributed by atoms with Crippen LogP contribution in [0.2, 0.25) is 0 Å². The largest absolute Gasteiger partial charge is 0.497 e. The number of carbonyl (C=O) groups excluding carboxylic acids is 2. The van der Waals surface area contributed by atoms with Crippen molar-refractivity contribution in [2.45, 2.75) is 18.9 Å². The number of ether oxygens (including phenoxy) is 2. The molecule has 2 aliphatic heterocycles. The number of hydrogen-bond acceptors (Lipinski definition) is 4. The predicted octanol–water partition coefficient (Wildman–Crippen LogP) is 5.11. The number of hydrogen-bond donors (Lipinski definition) is 1. The van der Waals surface area contributed by atoms with Crippen molar-refractivity contribution in [3.05, 3.63) is 84.4 Å². The van der Waals surface area contributed by atoms with Gasteiger partial charge in [0.25, 0.3) is 0 Å². The summed E-state index contributed by atoms with van der Waals surface area (Å²) in [4.78, 5) is 30.3. The summed E-state index contributed by atoms with van der Waals surface area (Å²) >= 11 is 0. The quantitative estimate of drug-likeness (QED) is 0.525. The van der Waals surface area contributed by atoms with Gasteiger partial charge in [0.1, 0.15) is 11.5 Å². The van der Waals surface area contributed by atoms with E-state index in [0.717, 1.165) is 11.3 Å². The Morgan fingerprint density at radius 1 is 0.886 bits per heavy atom. The summed E-state index contributed by atoms with van der Waals surface area (Å²) < 4.78 is 10.6. The zero-order chi connectivity index (χ0) is 24.4. The first-order valence-corrected chi connectivity index (χ1v) is 11.8. The number of methoxy groups -OCH3 is 2. The maximum absolute atomic E-state index is 13.6. The minimum Gasteiger partial charge on any atom is -0.497 e. The third kappa shape index (κ3) is 4.07. The summed E-state index contributed by atoms with van der Waals surface area (Å²) in [5, 5.41) is 2.94. The number of likely N-dealkylation sites (tertiary alicyclic amines) is 1. The standard InChI is InChI=1S/C28H29N3O4/c1-34-23-17-21(18-24(19-23)35-2)29-27(33)30-15-13-28(14-16-30)25(20-9-5-3-6-10-20)31(26(28)32)22-11-7-4-8-12-22/h3-12,17-19,25H,13-16H2,1-2H3,(H,29,33). The van der Waals surface area contributed by atoms with Crippen molar-refractivity contribution in [3.8, 4) is 11.5 Å². The van der Waals surface area contributed by atoms with Crippen LogP contribution in [-0.2, 0) is 4.79 Å². The summed E-state index contributed by atoms with van der Waals surface area (Å²) in [7, 11) is 3.14. The first-order valence-electron chi connectivity index (χ1n) is 11.8. The number of benzene rings is 3. The van der Waals surface area contributed by atoms with E-state index in [4.69, 9.17) is 9.47 Å². The molecule has 3 aromatic rings. The molecule has 7 heteroatoms. The Balaban J connectivity index is 1.33. The monoisotopic (exact) mass is 471 g/mol. The van der Waals surface area contributed by atoms with E-state index < -0.39 is 5.41 Å². The van der Waals surface area contributed by atoms with E-state index in [0.29, 0.717) is 43.1 Å². The fourth-order valence-electron chi connectivity index (χ4n) is 5.29. The number of piperidine rings is 1. The van der Waals surface area contributed by atoms with Gasteiger partial charge >= 0.3 is 6.03 Å². The number of carbonyl (C=O) groups is 2. The molecule has 3 aromatic carbocycles. The summed E-state index contributed by atoms with van der Waals surface area (Å²) in [6.07, 6.45) is 1.23. The highest BCUT2D eigenvalue weighted by Crippen LogP contribution is 2.57. The van der Waals surface area contributed by atoms with Crippen LogP contribution >= 0.6 is 0 Å². The molecule has 1 spiro atoms. The van der Waals surface area contributed by atoms with E-state index in [1.165, 1.54) is 0 Å². The SMILES string of the molecule is COc1cc(NC(=O)N2CCC3(CC2)C(=O)N(c2ccccc2)C3c2ccccc2)cc(OC)c1. The number of nitrogens with zero attached hydrogens (tertiary/aromatic N) is 2. The molecular formula is C28H29N3O4. The minimum absolute atomic E-state index is 0.0496. The third-order valence-electron chi connectivity index (χ3n) is 7.12. The zero-order valence-electron chi connectivity index (χ0n) is 19.9. The second kappa shape index (κ2) is 9.33.